The standard InChI is InChI=1S/C16H19FN2O8/c1-8(20)5-19-15(23)11(17)6-18(16(19)24)14-4-12(26-10(3)22)13(27-14)7-25-9(2)21/h6,12-14H,4-5,7H2,1-3H3/t12-,13+,14+/m0/s1. The van der Waals surface area contributed by atoms with E-state index in [0.717, 1.165) is 11.5 Å². The number of ether oxygens (including phenoxy) is 3. The molecule has 0 radical (unpaired) electrons. The molecule has 1 aromatic rings. The van der Waals surface area contributed by atoms with E-state index in [9.17, 15) is 28.4 Å². The van der Waals surface area contributed by atoms with Crippen LogP contribution in [0.4, 0.5) is 4.39 Å². The zero-order valence-corrected chi connectivity index (χ0v) is 15.0. The summed E-state index contributed by atoms with van der Waals surface area (Å²) >= 11 is 0. The number of ketones is 1. The van der Waals surface area contributed by atoms with Crippen molar-refractivity contribution in [2.24, 2.45) is 0 Å². The number of rotatable bonds is 6. The van der Waals surface area contributed by atoms with E-state index in [2.05, 4.69) is 0 Å². The summed E-state index contributed by atoms with van der Waals surface area (Å²) in [6, 6.07) is 0. The molecule has 3 atom stereocenters. The molecule has 0 unspecified atom stereocenters. The van der Waals surface area contributed by atoms with Crippen molar-refractivity contribution < 1.29 is 33.0 Å². The molecule has 1 saturated heterocycles. The molecule has 0 N–H and O–H groups in total. The molecular weight excluding hydrogens is 367 g/mol. The molecular formula is C16H19FN2O8. The van der Waals surface area contributed by atoms with Crippen LogP contribution in [0.25, 0.3) is 0 Å². The van der Waals surface area contributed by atoms with E-state index in [1.54, 1.807) is 0 Å². The van der Waals surface area contributed by atoms with Crippen molar-refractivity contribution in [3.05, 3.63) is 32.9 Å². The van der Waals surface area contributed by atoms with Gasteiger partial charge in [0.25, 0.3) is 5.56 Å². The first-order chi connectivity index (χ1) is 12.6. The Kier molecular flexibility index (Phi) is 6.26. The number of carbonyl (C=O) groups is 3. The van der Waals surface area contributed by atoms with Gasteiger partial charge >= 0.3 is 17.6 Å². The molecule has 1 aliphatic heterocycles. The lowest BCUT2D eigenvalue weighted by atomic mass is 10.2. The van der Waals surface area contributed by atoms with Gasteiger partial charge in [-0.1, -0.05) is 0 Å². The molecule has 0 amide bonds. The van der Waals surface area contributed by atoms with Crippen molar-refractivity contribution in [3.8, 4) is 0 Å². The summed E-state index contributed by atoms with van der Waals surface area (Å²) in [4.78, 5) is 57.8. The molecule has 148 valence electrons. The van der Waals surface area contributed by atoms with Gasteiger partial charge in [-0.2, -0.15) is 4.39 Å². The number of nitrogens with zero attached hydrogens (tertiary/aromatic N) is 2. The van der Waals surface area contributed by atoms with E-state index in [1.165, 1.54) is 13.8 Å². The summed E-state index contributed by atoms with van der Waals surface area (Å²) in [5.74, 6) is -2.95. The van der Waals surface area contributed by atoms with Crippen LogP contribution in [0.5, 0.6) is 0 Å². The lowest BCUT2D eigenvalue weighted by Crippen LogP contribution is -2.43. The van der Waals surface area contributed by atoms with E-state index in [0.29, 0.717) is 10.8 Å². The fourth-order valence-electron chi connectivity index (χ4n) is 2.71. The number of hydrogen-bond donors (Lipinski definition) is 0. The number of aromatic nitrogens is 2. The Bertz CT molecular complexity index is 874. The highest BCUT2D eigenvalue weighted by Crippen LogP contribution is 2.30. The molecule has 2 rings (SSSR count). The Morgan fingerprint density at radius 3 is 2.44 bits per heavy atom. The van der Waals surface area contributed by atoms with E-state index < -0.39 is 59.8 Å². The van der Waals surface area contributed by atoms with Crippen LogP contribution in [0.3, 0.4) is 0 Å². The molecule has 0 saturated carbocycles. The SMILES string of the molecule is CC(=O)Cn1c(=O)c(F)cn([C@H]2C[C@H](OC(C)=O)[C@@H](COC(C)=O)O2)c1=O. The van der Waals surface area contributed by atoms with Crippen molar-refractivity contribution in [2.75, 3.05) is 6.61 Å². The summed E-state index contributed by atoms with van der Waals surface area (Å²) in [5.41, 5.74) is -2.17. The lowest BCUT2D eigenvalue weighted by Gasteiger charge is -2.18. The van der Waals surface area contributed by atoms with Crippen LogP contribution in [0, 0.1) is 5.82 Å². The summed E-state index contributed by atoms with van der Waals surface area (Å²) in [6.07, 6.45) is -2.19. The van der Waals surface area contributed by atoms with Crippen LogP contribution in [0.1, 0.15) is 33.4 Å². The van der Waals surface area contributed by atoms with Gasteiger partial charge in [0, 0.05) is 20.3 Å². The highest BCUT2D eigenvalue weighted by atomic mass is 19.1. The molecule has 0 bridgehead atoms. The maximum absolute atomic E-state index is 14.0. The normalized spacial score (nSPS) is 21.7. The monoisotopic (exact) mass is 386 g/mol. The average molecular weight is 386 g/mol. The minimum atomic E-state index is -1.24. The second-order valence-electron chi connectivity index (χ2n) is 6.08. The minimum Gasteiger partial charge on any atom is -0.463 e. The number of Topliss-reactive ketones (excluding diaryl/α,β-unsaturated/α-hetero) is 1. The van der Waals surface area contributed by atoms with Gasteiger partial charge in [-0.3, -0.25) is 28.3 Å². The average Bonchev–Trinajstić information content (AvgIpc) is 2.94. The predicted octanol–water partition coefficient (Wildman–Crippen LogP) is -0.480. The van der Waals surface area contributed by atoms with Gasteiger partial charge in [0.1, 0.15) is 30.8 Å². The predicted molar refractivity (Wildman–Crippen MR) is 86.3 cm³/mol. The molecule has 11 heteroatoms. The molecule has 1 fully saturated rings. The van der Waals surface area contributed by atoms with Gasteiger partial charge in [-0.15, -0.1) is 0 Å². The Morgan fingerprint density at radius 1 is 1.22 bits per heavy atom. The lowest BCUT2D eigenvalue weighted by molar-refractivity contribution is -0.155. The molecule has 0 aromatic carbocycles. The van der Waals surface area contributed by atoms with E-state index in [1.807, 2.05) is 0 Å². The highest BCUT2D eigenvalue weighted by Gasteiger charge is 2.40. The Labute approximate surface area is 152 Å². The number of esters is 2. The molecule has 2 heterocycles. The van der Waals surface area contributed by atoms with E-state index >= 15 is 0 Å². The maximum atomic E-state index is 14.0. The largest absolute Gasteiger partial charge is 0.463 e. The van der Waals surface area contributed by atoms with Gasteiger partial charge in [0.05, 0.1) is 12.7 Å². The first-order valence-corrected chi connectivity index (χ1v) is 8.07. The van der Waals surface area contributed by atoms with Crippen LogP contribution < -0.4 is 11.2 Å². The maximum Gasteiger partial charge on any atom is 0.333 e. The molecule has 10 nitrogen and oxygen atoms in total. The van der Waals surface area contributed by atoms with Gasteiger partial charge in [-0.25, -0.2) is 4.79 Å². The Balaban J connectivity index is 2.37. The van der Waals surface area contributed by atoms with Crippen molar-refractivity contribution in [1.29, 1.82) is 0 Å². The fourth-order valence-corrected chi connectivity index (χ4v) is 2.71. The summed E-state index contributed by atoms with van der Waals surface area (Å²) in [5, 5.41) is 0. The zero-order chi connectivity index (χ0) is 20.3. The third-order valence-electron chi connectivity index (χ3n) is 3.79. The molecule has 27 heavy (non-hydrogen) atoms. The second-order valence-corrected chi connectivity index (χ2v) is 6.08. The number of halogens is 1. The van der Waals surface area contributed by atoms with Gasteiger partial charge < -0.3 is 14.2 Å². The van der Waals surface area contributed by atoms with Crippen molar-refractivity contribution >= 4 is 17.7 Å². The first kappa shape index (κ1) is 20.5. The number of hydrogen-bond acceptors (Lipinski definition) is 8. The summed E-state index contributed by atoms with van der Waals surface area (Å²) in [6.45, 7) is 2.68. The van der Waals surface area contributed by atoms with Crippen LogP contribution in [0.15, 0.2) is 15.8 Å². The number of carbonyl (C=O) groups excluding carboxylic acids is 3. The first-order valence-electron chi connectivity index (χ1n) is 8.07. The van der Waals surface area contributed by atoms with Crippen molar-refractivity contribution in [3.63, 3.8) is 0 Å². The topological polar surface area (TPSA) is 123 Å². The third-order valence-corrected chi connectivity index (χ3v) is 3.79. The summed E-state index contributed by atoms with van der Waals surface area (Å²) in [7, 11) is 0. The van der Waals surface area contributed by atoms with Crippen LogP contribution >= 0.6 is 0 Å². The Hall–Kier alpha value is -2.82. The molecule has 1 aromatic heterocycles. The third kappa shape index (κ3) is 4.88. The zero-order valence-electron chi connectivity index (χ0n) is 15.0. The minimum absolute atomic E-state index is 0.0386. The molecule has 0 aliphatic carbocycles. The van der Waals surface area contributed by atoms with Gasteiger partial charge in [0.2, 0.25) is 5.82 Å². The Morgan fingerprint density at radius 2 is 1.89 bits per heavy atom. The van der Waals surface area contributed by atoms with Gasteiger partial charge in [-0.05, 0) is 6.92 Å². The second kappa shape index (κ2) is 8.25. The highest BCUT2D eigenvalue weighted by molar-refractivity contribution is 5.75. The van der Waals surface area contributed by atoms with E-state index in [-0.39, 0.29) is 13.0 Å². The van der Waals surface area contributed by atoms with Crippen molar-refractivity contribution in [1.82, 2.24) is 9.13 Å². The molecule has 1 aliphatic rings. The summed E-state index contributed by atoms with van der Waals surface area (Å²) < 4.78 is 30.8. The molecule has 0 spiro atoms. The van der Waals surface area contributed by atoms with Crippen molar-refractivity contribution in [2.45, 2.75) is 52.2 Å². The fraction of sp³-hybridized carbons (Fsp3) is 0.562. The van der Waals surface area contributed by atoms with Crippen LogP contribution in [-0.4, -0.2) is 45.7 Å². The van der Waals surface area contributed by atoms with Gasteiger partial charge in [0.15, 0.2) is 0 Å². The quantitative estimate of drug-likeness (QED) is 0.601. The van der Waals surface area contributed by atoms with E-state index in [4.69, 9.17) is 14.2 Å². The van der Waals surface area contributed by atoms with Crippen LogP contribution in [-0.2, 0) is 35.1 Å². The smallest absolute Gasteiger partial charge is 0.333 e. The van der Waals surface area contributed by atoms with Crippen LogP contribution in [0.2, 0.25) is 0 Å².